The fraction of sp³-hybridized carbons (Fsp3) is 0.133. The smallest absolute Gasteiger partial charge is 0.322 e. The Hall–Kier alpha value is -2.34. The first-order valence-electron chi connectivity index (χ1n) is 6.28. The number of hydrogen-bond acceptors (Lipinski definition) is 4. The largest absolute Gasteiger partial charge is 0.480 e. The van der Waals surface area contributed by atoms with Crippen molar-refractivity contribution in [3.63, 3.8) is 0 Å². The molecule has 1 aromatic heterocycles. The third-order valence-corrected chi connectivity index (χ3v) is 3.63. The Morgan fingerprint density at radius 3 is 2.76 bits per heavy atom. The van der Waals surface area contributed by atoms with E-state index in [0.717, 1.165) is 10.6 Å². The highest BCUT2D eigenvalue weighted by molar-refractivity contribution is 7.98. The lowest BCUT2D eigenvalue weighted by Crippen LogP contribution is -2.29. The van der Waals surface area contributed by atoms with Gasteiger partial charge >= 0.3 is 5.97 Å². The number of pyridine rings is 1. The highest BCUT2D eigenvalue weighted by atomic mass is 32.2. The van der Waals surface area contributed by atoms with Gasteiger partial charge in [-0.25, -0.2) is 4.98 Å². The number of amides is 1. The first-order chi connectivity index (χ1) is 10.1. The average Bonchev–Trinajstić information content (AvgIpc) is 2.52. The number of hydrogen-bond donors (Lipinski definition) is 2. The van der Waals surface area contributed by atoms with Crippen molar-refractivity contribution < 1.29 is 14.7 Å². The van der Waals surface area contributed by atoms with Gasteiger partial charge in [0.15, 0.2) is 0 Å². The fourth-order valence-electron chi connectivity index (χ4n) is 1.65. The van der Waals surface area contributed by atoms with Crippen LogP contribution in [0.3, 0.4) is 0 Å². The maximum Gasteiger partial charge on any atom is 0.322 e. The highest BCUT2D eigenvalue weighted by Crippen LogP contribution is 2.20. The zero-order chi connectivity index (χ0) is 15.1. The number of thioether (sulfide) groups is 1. The molecule has 0 radical (unpaired) electrons. The zero-order valence-corrected chi connectivity index (χ0v) is 12.0. The van der Waals surface area contributed by atoms with E-state index >= 15 is 0 Å². The number of carbonyl (C=O) groups is 2. The maximum atomic E-state index is 11.8. The van der Waals surface area contributed by atoms with Crippen molar-refractivity contribution in [1.82, 2.24) is 10.3 Å². The maximum absolute atomic E-state index is 11.8. The lowest BCUT2D eigenvalue weighted by Gasteiger charge is -2.05. The van der Waals surface area contributed by atoms with Crippen LogP contribution in [-0.4, -0.2) is 28.5 Å². The van der Waals surface area contributed by atoms with Crippen molar-refractivity contribution in [2.45, 2.75) is 10.8 Å². The van der Waals surface area contributed by atoms with Crippen molar-refractivity contribution in [2.24, 2.45) is 0 Å². The topological polar surface area (TPSA) is 79.3 Å². The number of carboxylic acids is 1. The molecule has 0 unspecified atom stereocenters. The molecule has 0 aliphatic heterocycles. The van der Waals surface area contributed by atoms with Crippen LogP contribution < -0.4 is 5.32 Å². The molecular weight excluding hydrogens is 288 g/mol. The minimum absolute atomic E-state index is 0.383. The number of nitrogens with zero attached hydrogens (tertiary/aromatic N) is 1. The van der Waals surface area contributed by atoms with Crippen LogP contribution in [0.15, 0.2) is 53.7 Å². The molecule has 108 valence electrons. The quantitative estimate of drug-likeness (QED) is 0.800. The van der Waals surface area contributed by atoms with Crippen LogP contribution in [0.5, 0.6) is 0 Å². The van der Waals surface area contributed by atoms with Crippen LogP contribution >= 0.6 is 11.8 Å². The molecule has 0 saturated carbocycles. The molecule has 6 heteroatoms. The van der Waals surface area contributed by atoms with Crippen LogP contribution in [0.4, 0.5) is 0 Å². The SMILES string of the molecule is O=C(O)CNC(=O)c1cccc(CSc2ccccn2)c1. The Morgan fingerprint density at radius 2 is 2.05 bits per heavy atom. The van der Waals surface area contributed by atoms with Crippen molar-refractivity contribution >= 4 is 23.6 Å². The van der Waals surface area contributed by atoms with E-state index in [-0.39, 0.29) is 12.5 Å². The Labute approximate surface area is 126 Å². The summed E-state index contributed by atoms with van der Waals surface area (Å²) in [7, 11) is 0. The summed E-state index contributed by atoms with van der Waals surface area (Å²) in [5.74, 6) is -0.760. The van der Waals surface area contributed by atoms with E-state index in [9.17, 15) is 9.59 Å². The number of carboxylic acid groups (broad SMARTS) is 1. The van der Waals surface area contributed by atoms with E-state index in [1.807, 2.05) is 24.3 Å². The predicted molar refractivity (Wildman–Crippen MR) is 80.2 cm³/mol. The summed E-state index contributed by atoms with van der Waals surface area (Å²) in [6.45, 7) is -0.383. The van der Waals surface area contributed by atoms with Crippen LogP contribution in [0, 0.1) is 0 Å². The third kappa shape index (κ3) is 4.92. The molecule has 2 aromatic rings. The number of carbonyl (C=O) groups excluding carboxylic acids is 1. The van der Waals surface area contributed by atoms with Gasteiger partial charge in [0.25, 0.3) is 5.91 Å². The van der Waals surface area contributed by atoms with Crippen molar-refractivity contribution in [3.8, 4) is 0 Å². The zero-order valence-electron chi connectivity index (χ0n) is 11.2. The molecule has 0 aliphatic carbocycles. The minimum atomic E-state index is -1.06. The predicted octanol–water partition coefficient (Wildman–Crippen LogP) is 2.19. The third-order valence-electron chi connectivity index (χ3n) is 2.61. The van der Waals surface area contributed by atoms with Gasteiger partial charge in [-0.1, -0.05) is 18.2 Å². The summed E-state index contributed by atoms with van der Waals surface area (Å²) in [6.07, 6.45) is 1.73. The Balaban J connectivity index is 1.97. The van der Waals surface area contributed by atoms with E-state index in [0.29, 0.717) is 11.3 Å². The summed E-state index contributed by atoms with van der Waals surface area (Å²) in [4.78, 5) is 26.4. The summed E-state index contributed by atoms with van der Waals surface area (Å²) < 4.78 is 0. The van der Waals surface area contributed by atoms with Gasteiger partial charge in [0.1, 0.15) is 6.54 Å². The molecule has 1 amide bonds. The average molecular weight is 302 g/mol. The van der Waals surface area contributed by atoms with E-state index < -0.39 is 5.97 Å². The van der Waals surface area contributed by atoms with Crippen molar-refractivity contribution in [2.75, 3.05) is 6.54 Å². The van der Waals surface area contributed by atoms with Crippen LogP contribution in [0.25, 0.3) is 0 Å². The minimum Gasteiger partial charge on any atom is -0.480 e. The molecule has 0 saturated heterocycles. The molecule has 0 atom stereocenters. The molecule has 0 aliphatic rings. The second-order valence-corrected chi connectivity index (χ2v) is 5.23. The van der Waals surface area contributed by atoms with E-state index in [4.69, 9.17) is 5.11 Å². The summed E-state index contributed by atoms with van der Waals surface area (Å²) >= 11 is 1.58. The standard InChI is InChI=1S/C15H14N2O3S/c18-14(19)9-17-15(20)12-5-3-4-11(8-12)10-21-13-6-1-2-7-16-13/h1-8H,9-10H2,(H,17,20)(H,18,19). The number of aromatic nitrogens is 1. The van der Waals surface area contributed by atoms with Gasteiger partial charge in [0.2, 0.25) is 0 Å². The molecule has 2 N–H and O–H groups in total. The van der Waals surface area contributed by atoms with Crippen LogP contribution in [-0.2, 0) is 10.5 Å². The normalized spacial score (nSPS) is 10.1. The van der Waals surface area contributed by atoms with Crippen molar-refractivity contribution in [1.29, 1.82) is 0 Å². The number of benzene rings is 1. The number of aliphatic carboxylic acids is 1. The molecule has 0 fully saturated rings. The second-order valence-electron chi connectivity index (χ2n) is 4.23. The first kappa shape index (κ1) is 15.1. The number of rotatable bonds is 6. The molecule has 0 spiro atoms. The summed E-state index contributed by atoms with van der Waals surface area (Å²) in [5.41, 5.74) is 1.43. The van der Waals surface area contributed by atoms with E-state index in [1.165, 1.54) is 0 Å². The van der Waals surface area contributed by atoms with Gasteiger partial charge in [0, 0.05) is 17.5 Å². The Morgan fingerprint density at radius 1 is 1.19 bits per heavy atom. The van der Waals surface area contributed by atoms with Gasteiger partial charge in [-0.3, -0.25) is 9.59 Å². The van der Waals surface area contributed by atoms with Gasteiger partial charge in [-0.2, -0.15) is 0 Å². The molecule has 0 bridgehead atoms. The van der Waals surface area contributed by atoms with Crippen LogP contribution in [0.2, 0.25) is 0 Å². The molecular formula is C15H14N2O3S. The lowest BCUT2D eigenvalue weighted by molar-refractivity contribution is -0.135. The molecule has 21 heavy (non-hydrogen) atoms. The van der Waals surface area contributed by atoms with Gasteiger partial charge in [0.05, 0.1) is 5.03 Å². The Kier molecular flexibility index (Phi) is 5.34. The fourth-order valence-corrected chi connectivity index (χ4v) is 2.45. The molecule has 1 aromatic carbocycles. The molecule has 5 nitrogen and oxygen atoms in total. The highest BCUT2D eigenvalue weighted by Gasteiger charge is 2.08. The summed E-state index contributed by atoms with van der Waals surface area (Å²) in [5, 5.41) is 11.8. The van der Waals surface area contributed by atoms with Gasteiger partial charge < -0.3 is 10.4 Å². The molecule has 1 heterocycles. The van der Waals surface area contributed by atoms with Gasteiger partial charge in [-0.05, 0) is 29.8 Å². The lowest BCUT2D eigenvalue weighted by atomic mass is 10.1. The number of nitrogens with one attached hydrogen (secondary N) is 1. The van der Waals surface area contributed by atoms with Crippen LogP contribution in [0.1, 0.15) is 15.9 Å². The molecule has 2 rings (SSSR count). The Bertz CT molecular complexity index is 632. The van der Waals surface area contributed by atoms with E-state index in [1.54, 1.807) is 36.2 Å². The monoisotopic (exact) mass is 302 g/mol. The second kappa shape index (κ2) is 7.44. The summed E-state index contributed by atoms with van der Waals surface area (Å²) in [6, 6.07) is 12.8. The van der Waals surface area contributed by atoms with Crippen molar-refractivity contribution in [3.05, 3.63) is 59.8 Å². The first-order valence-corrected chi connectivity index (χ1v) is 7.26. The van der Waals surface area contributed by atoms with Gasteiger partial charge in [-0.15, -0.1) is 11.8 Å². The van der Waals surface area contributed by atoms with E-state index in [2.05, 4.69) is 10.3 Å².